The summed E-state index contributed by atoms with van der Waals surface area (Å²) in [6.07, 6.45) is 0. The van der Waals surface area contributed by atoms with Crippen molar-refractivity contribution in [1.29, 1.82) is 0 Å². The standard InChI is InChI=1S/C23H20N2O3S/c1-28-20-12-10-19(11-13-20)25-21(26)15-29-23(25)17-8-5-9-18(14-17)24-22(27)16-6-3-2-4-7-16/h2-14,23H,15H2,1H3,(H,24,27). The average Bonchev–Trinajstić information content (AvgIpc) is 3.16. The molecule has 0 aliphatic carbocycles. The monoisotopic (exact) mass is 404 g/mol. The number of hydrogen-bond acceptors (Lipinski definition) is 4. The highest BCUT2D eigenvalue weighted by Gasteiger charge is 2.34. The van der Waals surface area contributed by atoms with E-state index in [0.29, 0.717) is 17.0 Å². The number of nitrogens with one attached hydrogen (secondary N) is 1. The second-order valence-electron chi connectivity index (χ2n) is 6.57. The van der Waals surface area contributed by atoms with E-state index in [1.807, 2.05) is 66.7 Å². The maximum atomic E-state index is 12.6. The first-order chi connectivity index (χ1) is 14.2. The van der Waals surface area contributed by atoms with Crippen LogP contribution in [0.1, 0.15) is 21.3 Å². The summed E-state index contributed by atoms with van der Waals surface area (Å²) in [5, 5.41) is 2.79. The van der Waals surface area contributed by atoms with Crippen molar-refractivity contribution >= 4 is 35.0 Å². The van der Waals surface area contributed by atoms with Crippen LogP contribution in [0.2, 0.25) is 0 Å². The van der Waals surface area contributed by atoms with Gasteiger partial charge in [0.2, 0.25) is 5.91 Å². The highest BCUT2D eigenvalue weighted by molar-refractivity contribution is 8.00. The van der Waals surface area contributed by atoms with Crippen molar-refractivity contribution in [2.24, 2.45) is 0 Å². The van der Waals surface area contributed by atoms with Crippen LogP contribution in [0.4, 0.5) is 11.4 Å². The third-order valence-electron chi connectivity index (χ3n) is 4.68. The lowest BCUT2D eigenvalue weighted by Gasteiger charge is -2.25. The van der Waals surface area contributed by atoms with E-state index in [9.17, 15) is 9.59 Å². The molecule has 6 heteroatoms. The van der Waals surface area contributed by atoms with Gasteiger partial charge in [0, 0.05) is 16.9 Å². The molecule has 1 N–H and O–H groups in total. The third-order valence-corrected chi connectivity index (χ3v) is 5.90. The van der Waals surface area contributed by atoms with Gasteiger partial charge in [-0.15, -0.1) is 11.8 Å². The van der Waals surface area contributed by atoms with E-state index in [-0.39, 0.29) is 17.2 Å². The van der Waals surface area contributed by atoms with Crippen molar-refractivity contribution < 1.29 is 14.3 Å². The van der Waals surface area contributed by atoms with Crippen molar-refractivity contribution in [1.82, 2.24) is 0 Å². The van der Waals surface area contributed by atoms with Gasteiger partial charge in [0.05, 0.1) is 12.9 Å². The van der Waals surface area contributed by atoms with E-state index < -0.39 is 0 Å². The van der Waals surface area contributed by atoms with Gasteiger partial charge in [-0.1, -0.05) is 30.3 Å². The van der Waals surface area contributed by atoms with E-state index in [1.54, 1.807) is 35.9 Å². The van der Waals surface area contributed by atoms with Crippen LogP contribution in [-0.4, -0.2) is 24.7 Å². The van der Waals surface area contributed by atoms with Crippen LogP contribution in [0.5, 0.6) is 5.75 Å². The van der Waals surface area contributed by atoms with E-state index in [0.717, 1.165) is 17.0 Å². The van der Waals surface area contributed by atoms with Crippen molar-refractivity contribution in [3.8, 4) is 5.75 Å². The smallest absolute Gasteiger partial charge is 0.255 e. The number of methoxy groups -OCH3 is 1. The molecule has 1 heterocycles. The minimum atomic E-state index is -0.162. The fourth-order valence-corrected chi connectivity index (χ4v) is 4.42. The zero-order valence-corrected chi connectivity index (χ0v) is 16.7. The number of amides is 2. The molecule has 0 spiro atoms. The van der Waals surface area contributed by atoms with Crippen molar-refractivity contribution in [3.63, 3.8) is 0 Å². The molecule has 146 valence electrons. The van der Waals surface area contributed by atoms with Crippen LogP contribution in [0.15, 0.2) is 78.9 Å². The molecule has 3 aromatic carbocycles. The SMILES string of the molecule is COc1ccc(N2C(=O)CSC2c2cccc(NC(=O)c3ccccc3)c2)cc1. The lowest BCUT2D eigenvalue weighted by Crippen LogP contribution is -2.27. The Morgan fingerprint density at radius 2 is 1.79 bits per heavy atom. The Morgan fingerprint density at radius 1 is 1.03 bits per heavy atom. The van der Waals surface area contributed by atoms with Gasteiger partial charge in [-0.25, -0.2) is 0 Å². The van der Waals surface area contributed by atoms with Crippen LogP contribution in [0.3, 0.4) is 0 Å². The average molecular weight is 404 g/mol. The molecule has 0 aromatic heterocycles. The second-order valence-corrected chi connectivity index (χ2v) is 7.64. The zero-order valence-electron chi connectivity index (χ0n) is 15.9. The fraction of sp³-hybridized carbons (Fsp3) is 0.130. The molecule has 0 saturated carbocycles. The number of carbonyl (C=O) groups excluding carboxylic acids is 2. The predicted octanol–water partition coefficient (Wildman–Crippen LogP) is 4.73. The number of thioether (sulfide) groups is 1. The van der Waals surface area contributed by atoms with Crippen LogP contribution in [0.25, 0.3) is 0 Å². The Morgan fingerprint density at radius 3 is 2.52 bits per heavy atom. The van der Waals surface area contributed by atoms with Crippen LogP contribution in [-0.2, 0) is 4.79 Å². The maximum Gasteiger partial charge on any atom is 0.255 e. The number of hydrogen-bond donors (Lipinski definition) is 1. The van der Waals surface area contributed by atoms with E-state index in [4.69, 9.17) is 4.74 Å². The molecule has 1 unspecified atom stereocenters. The lowest BCUT2D eigenvalue weighted by atomic mass is 10.1. The van der Waals surface area contributed by atoms with E-state index in [2.05, 4.69) is 5.32 Å². The molecule has 1 aliphatic rings. The minimum Gasteiger partial charge on any atom is -0.497 e. The lowest BCUT2D eigenvalue weighted by molar-refractivity contribution is -0.115. The molecule has 1 aliphatic heterocycles. The molecular weight excluding hydrogens is 384 g/mol. The molecule has 1 saturated heterocycles. The first kappa shape index (κ1) is 19.1. The van der Waals surface area contributed by atoms with Crippen LogP contribution >= 0.6 is 11.8 Å². The number of anilines is 2. The Kier molecular flexibility index (Phi) is 5.53. The summed E-state index contributed by atoms with van der Waals surface area (Å²) >= 11 is 1.57. The van der Waals surface area contributed by atoms with Gasteiger partial charge in [-0.2, -0.15) is 0 Å². The third kappa shape index (κ3) is 4.12. The molecule has 4 rings (SSSR count). The van der Waals surface area contributed by atoms with Crippen molar-refractivity contribution in [2.75, 3.05) is 23.1 Å². The van der Waals surface area contributed by atoms with Gasteiger partial charge < -0.3 is 10.1 Å². The van der Waals surface area contributed by atoms with E-state index >= 15 is 0 Å². The molecule has 1 fully saturated rings. The number of ether oxygens (including phenoxy) is 1. The summed E-state index contributed by atoms with van der Waals surface area (Å²) < 4.78 is 5.21. The quantitative estimate of drug-likeness (QED) is 0.668. The Labute approximate surface area is 173 Å². The first-order valence-electron chi connectivity index (χ1n) is 9.20. The van der Waals surface area contributed by atoms with Gasteiger partial charge in [0.15, 0.2) is 0 Å². The second kappa shape index (κ2) is 8.41. The largest absolute Gasteiger partial charge is 0.497 e. The summed E-state index contributed by atoms with van der Waals surface area (Å²) in [5.74, 6) is 1.06. The number of nitrogens with zero attached hydrogens (tertiary/aromatic N) is 1. The first-order valence-corrected chi connectivity index (χ1v) is 10.2. The Hall–Kier alpha value is -3.25. The minimum absolute atomic E-state index is 0.0592. The highest BCUT2D eigenvalue weighted by atomic mass is 32.2. The summed E-state index contributed by atoms with van der Waals surface area (Å²) in [4.78, 5) is 26.8. The molecule has 2 amide bonds. The van der Waals surface area contributed by atoms with Gasteiger partial charge in [-0.3, -0.25) is 14.5 Å². The summed E-state index contributed by atoms with van der Waals surface area (Å²) in [6.45, 7) is 0. The fourth-order valence-electron chi connectivity index (χ4n) is 3.26. The molecule has 0 bridgehead atoms. The van der Waals surface area contributed by atoms with Gasteiger partial charge in [-0.05, 0) is 54.1 Å². The Balaban J connectivity index is 1.57. The van der Waals surface area contributed by atoms with Gasteiger partial charge in [0.1, 0.15) is 11.1 Å². The van der Waals surface area contributed by atoms with Crippen LogP contribution in [0, 0.1) is 0 Å². The number of carbonyl (C=O) groups is 2. The van der Waals surface area contributed by atoms with Gasteiger partial charge >= 0.3 is 0 Å². The van der Waals surface area contributed by atoms with Crippen LogP contribution < -0.4 is 15.0 Å². The molecular formula is C23H20N2O3S. The normalized spacial score (nSPS) is 16.0. The maximum absolute atomic E-state index is 12.6. The molecule has 3 aromatic rings. The molecule has 29 heavy (non-hydrogen) atoms. The highest BCUT2D eigenvalue weighted by Crippen LogP contribution is 2.42. The number of rotatable bonds is 5. The van der Waals surface area contributed by atoms with E-state index in [1.165, 1.54) is 0 Å². The van der Waals surface area contributed by atoms with Crippen molar-refractivity contribution in [2.45, 2.75) is 5.37 Å². The zero-order chi connectivity index (χ0) is 20.2. The summed E-state index contributed by atoms with van der Waals surface area (Å²) in [5.41, 5.74) is 3.08. The summed E-state index contributed by atoms with van der Waals surface area (Å²) in [7, 11) is 1.61. The molecule has 5 nitrogen and oxygen atoms in total. The molecule has 0 radical (unpaired) electrons. The topological polar surface area (TPSA) is 58.6 Å². The molecule has 1 atom stereocenters. The predicted molar refractivity (Wildman–Crippen MR) is 117 cm³/mol. The summed E-state index contributed by atoms with van der Waals surface area (Å²) in [6, 6.07) is 24.2. The van der Waals surface area contributed by atoms with Gasteiger partial charge in [0.25, 0.3) is 5.91 Å². The Bertz CT molecular complexity index is 1020. The number of benzene rings is 3. The van der Waals surface area contributed by atoms with Crippen molar-refractivity contribution in [3.05, 3.63) is 90.0 Å².